The maximum Gasteiger partial charge on any atom is 0.158 e. The Bertz CT molecular complexity index is 995. The van der Waals surface area contributed by atoms with Crippen LogP contribution in [0.15, 0.2) is 59.2 Å². The number of aromatic hydroxyl groups is 4. The van der Waals surface area contributed by atoms with E-state index in [1.165, 1.54) is 23.3 Å². The molecule has 0 amide bonds. The van der Waals surface area contributed by atoms with E-state index in [0.717, 1.165) is 24.0 Å². The predicted molar refractivity (Wildman–Crippen MR) is 128 cm³/mol. The molecule has 0 saturated heterocycles. The molecular formula is C27H34O4. The highest BCUT2D eigenvalue weighted by molar-refractivity contribution is 5.74. The van der Waals surface area contributed by atoms with Gasteiger partial charge in [-0.1, -0.05) is 34.9 Å². The zero-order valence-electron chi connectivity index (χ0n) is 19.2. The van der Waals surface area contributed by atoms with Gasteiger partial charge in [-0.3, -0.25) is 0 Å². The van der Waals surface area contributed by atoms with Crippen LogP contribution in [-0.2, 0) is 12.8 Å². The first-order valence-corrected chi connectivity index (χ1v) is 10.6. The van der Waals surface area contributed by atoms with Crippen molar-refractivity contribution in [2.45, 2.75) is 60.3 Å². The quantitative estimate of drug-likeness (QED) is 0.275. The minimum Gasteiger partial charge on any atom is -0.507 e. The predicted octanol–water partition coefficient (Wildman–Crippen LogP) is 6.92. The molecule has 4 heteroatoms. The van der Waals surface area contributed by atoms with Crippen LogP contribution in [0.5, 0.6) is 23.0 Å². The van der Waals surface area contributed by atoms with Crippen LogP contribution >= 0.6 is 0 Å². The Kier molecular flexibility index (Phi) is 8.38. The Morgan fingerprint density at radius 1 is 0.677 bits per heavy atom. The summed E-state index contributed by atoms with van der Waals surface area (Å²) in [6.45, 7) is 10.2. The molecule has 166 valence electrons. The normalized spacial score (nSPS) is 11.3. The summed E-state index contributed by atoms with van der Waals surface area (Å²) in [6.07, 6.45) is 9.18. The van der Waals surface area contributed by atoms with Crippen LogP contribution in [0.1, 0.15) is 58.6 Å². The molecule has 0 bridgehead atoms. The van der Waals surface area contributed by atoms with Crippen molar-refractivity contribution in [2.24, 2.45) is 0 Å². The van der Waals surface area contributed by atoms with E-state index in [1.807, 2.05) is 19.9 Å². The van der Waals surface area contributed by atoms with E-state index >= 15 is 0 Å². The number of phenols is 4. The second-order valence-electron chi connectivity index (χ2n) is 8.55. The molecule has 4 N–H and O–H groups in total. The van der Waals surface area contributed by atoms with Crippen LogP contribution in [0.4, 0.5) is 0 Å². The van der Waals surface area contributed by atoms with Crippen LogP contribution < -0.4 is 0 Å². The molecule has 0 fully saturated rings. The number of allylic oxidation sites excluding steroid dienone is 6. The highest BCUT2D eigenvalue weighted by Crippen LogP contribution is 2.39. The summed E-state index contributed by atoms with van der Waals surface area (Å²) >= 11 is 0. The third-order valence-corrected chi connectivity index (χ3v) is 5.19. The first-order valence-electron chi connectivity index (χ1n) is 10.6. The van der Waals surface area contributed by atoms with E-state index in [9.17, 15) is 20.4 Å². The van der Waals surface area contributed by atoms with E-state index in [2.05, 4.69) is 32.9 Å². The lowest BCUT2D eigenvalue weighted by Gasteiger charge is -2.14. The SMILES string of the molecule is CC(C)=CCC/C(C)=C\Cc1cc(O)c(O)cc1-c1cc(O)c(CC=C(C)C)c(O)c1. The zero-order chi connectivity index (χ0) is 23.1. The molecule has 2 aromatic carbocycles. The lowest BCUT2D eigenvalue weighted by Crippen LogP contribution is -1.92. The van der Waals surface area contributed by atoms with Gasteiger partial charge in [0.05, 0.1) is 0 Å². The van der Waals surface area contributed by atoms with Gasteiger partial charge in [0.15, 0.2) is 11.5 Å². The fraction of sp³-hybridized carbons (Fsp3) is 0.333. The molecule has 2 rings (SSSR count). The van der Waals surface area contributed by atoms with Crippen molar-refractivity contribution in [3.63, 3.8) is 0 Å². The van der Waals surface area contributed by atoms with Crippen molar-refractivity contribution in [1.29, 1.82) is 0 Å². The van der Waals surface area contributed by atoms with Gasteiger partial charge in [0.25, 0.3) is 0 Å². The van der Waals surface area contributed by atoms with Crippen LogP contribution in [0.2, 0.25) is 0 Å². The molecule has 0 atom stereocenters. The topological polar surface area (TPSA) is 80.9 Å². The minimum absolute atomic E-state index is 0.000500. The van der Waals surface area contributed by atoms with E-state index in [4.69, 9.17) is 0 Å². The molecule has 0 unspecified atom stereocenters. The second-order valence-corrected chi connectivity index (χ2v) is 8.55. The Morgan fingerprint density at radius 2 is 1.26 bits per heavy atom. The Morgan fingerprint density at radius 3 is 1.84 bits per heavy atom. The molecule has 2 aromatic rings. The van der Waals surface area contributed by atoms with Gasteiger partial charge in [0, 0.05) is 5.56 Å². The van der Waals surface area contributed by atoms with Crippen LogP contribution in [0, 0.1) is 0 Å². The fourth-order valence-corrected chi connectivity index (χ4v) is 3.34. The van der Waals surface area contributed by atoms with Crippen molar-refractivity contribution >= 4 is 0 Å². The zero-order valence-corrected chi connectivity index (χ0v) is 19.2. The summed E-state index contributed by atoms with van der Waals surface area (Å²) in [5.74, 6) is -0.433. The van der Waals surface area contributed by atoms with E-state index in [-0.39, 0.29) is 23.0 Å². The molecule has 0 spiro atoms. The van der Waals surface area contributed by atoms with Crippen LogP contribution in [-0.4, -0.2) is 20.4 Å². The van der Waals surface area contributed by atoms with Crippen molar-refractivity contribution < 1.29 is 20.4 Å². The Hall–Kier alpha value is -3.14. The lowest BCUT2D eigenvalue weighted by atomic mass is 9.93. The van der Waals surface area contributed by atoms with E-state index in [1.54, 1.807) is 12.1 Å². The van der Waals surface area contributed by atoms with Gasteiger partial charge < -0.3 is 20.4 Å². The van der Waals surface area contributed by atoms with Crippen molar-refractivity contribution in [2.75, 3.05) is 0 Å². The first-order chi connectivity index (χ1) is 14.6. The number of benzene rings is 2. The third-order valence-electron chi connectivity index (χ3n) is 5.19. The summed E-state index contributed by atoms with van der Waals surface area (Å²) in [6, 6.07) is 6.19. The minimum atomic E-state index is -0.240. The molecule has 0 aliphatic heterocycles. The number of hydrogen-bond acceptors (Lipinski definition) is 4. The second kappa shape index (κ2) is 10.8. The van der Waals surface area contributed by atoms with Gasteiger partial charge in [-0.25, -0.2) is 0 Å². The molecule has 0 heterocycles. The average Bonchev–Trinajstić information content (AvgIpc) is 2.67. The van der Waals surface area contributed by atoms with Crippen LogP contribution in [0.3, 0.4) is 0 Å². The van der Waals surface area contributed by atoms with Crippen molar-refractivity contribution in [3.05, 3.63) is 70.3 Å². The number of phenolic OH excluding ortho intramolecular Hbond substituents is 4. The summed E-state index contributed by atoms with van der Waals surface area (Å²) < 4.78 is 0. The van der Waals surface area contributed by atoms with Crippen LogP contribution in [0.25, 0.3) is 11.1 Å². The van der Waals surface area contributed by atoms with Gasteiger partial charge >= 0.3 is 0 Å². The molecule has 0 aliphatic carbocycles. The average molecular weight is 423 g/mol. The standard InChI is InChI=1S/C27H34O4/c1-17(2)7-6-8-19(5)10-11-20-13-26(30)27(31)16-23(20)21-14-24(28)22(25(29)15-21)12-9-18(3)4/h7,9-10,13-16,28-31H,6,8,11-12H2,1-5H3/b19-10-. The molecule has 0 saturated carbocycles. The maximum atomic E-state index is 10.5. The van der Waals surface area contributed by atoms with Gasteiger partial charge in [-0.05, 0) is 101 Å². The molecule has 0 aliphatic rings. The Balaban J connectivity index is 2.40. The molecule has 31 heavy (non-hydrogen) atoms. The molecule has 0 aromatic heterocycles. The van der Waals surface area contributed by atoms with Gasteiger partial charge in [-0.2, -0.15) is 0 Å². The van der Waals surface area contributed by atoms with Crippen molar-refractivity contribution in [1.82, 2.24) is 0 Å². The van der Waals surface area contributed by atoms with Crippen molar-refractivity contribution in [3.8, 4) is 34.1 Å². The monoisotopic (exact) mass is 422 g/mol. The summed E-state index contributed by atoms with van der Waals surface area (Å²) in [5.41, 5.74) is 6.13. The highest BCUT2D eigenvalue weighted by Gasteiger charge is 2.15. The number of hydrogen-bond donors (Lipinski definition) is 4. The van der Waals surface area contributed by atoms with E-state index in [0.29, 0.717) is 29.5 Å². The van der Waals surface area contributed by atoms with Gasteiger partial charge in [0.2, 0.25) is 0 Å². The largest absolute Gasteiger partial charge is 0.507 e. The number of rotatable bonds is 8. The lowest BCUT2D eigenvalue weighted by molar-refractivity contribution is 0.403. The smallest absolute Gasteiger partial charge is 0.158 e. The summed E-state index contributed by atoms with van der Waals surface area (Å²) in [7, 11) is 0. The summed E-state index contributed by atoms with van der Waals surface area (Å²) in [4.78, 5) is 0. The summed E-state index contributed by atoms with van der Waals surface area (Å²) in [5, 5.41) is 41.1. The molecular weight excluding hydrogens is 388 g/mol. The van der Waals surface area contributed by atoms with E-state index < -0.39 is 0 Å². The molecule has 0 radical (unpaired) electrons. The maximum absolute atomic E-state index is 10.5. The Labute approximate surface area is 185 Å². The van der Waals surface area contributed by atoms with Gasteiger partial charge in [-0.15, -0.1) is 0 Å². The van der Waals surface area contributed by atoms with Gasteiger partial charge in [0.1, 0.15) is 11.5 Å². The third kappa shape index (κ3) is 6.95. The first kappa shape index (κ1) is 24.1. The molecule has 4 nitrogen and oxygen atoms in total. The highest BCUT2D eigenvalue weighted by atomic mass is 16.3. The fourth-order valence-electron chi connectivity index (χ4n) is 3.34.